The lowest BCUT2D eigenvalue weighted by atomic mass is 9.89. The van der Waals surface area contributed by atoms with Crippen LogP contribution < -0.4 is 4.74 Å². The average molecular weight is 335 g/mol. The third-order valence-corrected chi connectivity index (χ3v) is 5.35. The Morgan fingerprint density at radius 1 is 1.04 bits per heavy atom. The second-order valence-corrected chi connectivity index (χ2v) is 7.01. The lowest BCUT2D eigenvalue weighted by Gasteiger charge is -2.20. The summed E-state index contributed by atoms with van der Waals surface area (Å²) in [5.41, 5.74) is 1.58. The van der Waals surface area contributed by atoms with Crippen molar-refractivity contribution in [2.24, 2.45) is 0 Å². The molecule has 1 aromatic carbocycles. The van der Waals surface area contributed by atoms with Crippen LogP contribution in [0.5, 0.6) is 11.6 Å². The van der Waals surface area contributed by atoms with Gasteiger partial charge in [-0.15, -0.1) is 11.3 Å². The summed E-state index contributed by atoms with van der Waals surface area (Å²) in [6.45, 7) is 0. The molecule has 0 radical (unpaired) electrons. The average Bonchev–Trinajstić information content (AvgIpc) is 3.12. The highest BCUT2D eigenvalue weighted by Gasteiger charge is 2.21. The van der Waals surface area contributed by atoms with Crippen molar-refractivity contribution in [1.29, 1.82) is 5.26 Å². The lowest BCUT2D eigenvalue weighted by Crippen LogP contribution is -2.09. The highest BCUT2D eigenvalue weighted by atomic mass is 32.1. The van der Waals surface area contributed by atoms with Gasteiger partial charge in [-0.2, -0.15) is 10.2 Å². The second kappa shape index (κ2) is 6.58. The van der Waals surface area contributed by atoms with Crippen LogP contribution in [0.15, 0.2) is 35.7 Å². The van der Waals surface area contributed by atoms with E-state index in [9.17, 15) is 0 Å². The zero-order chi connectivity index (χ0) is 16.4. The molecule has 0 unspecified atom stereocenters. The lowest BCUT2D eigenvalue weighted by molar-refractivity contribution is 0.418. The monoisotopic (exact) mass is 335 g/mol. The fraction of sp³-hybridized carbons (Fsp3) is 0.316. The van der Waals surface area contributed by atoms with E-state index >= 15 is 0 Å². The molecule has 4 nitrogen and oxygen atoms in total. The molecule has 120 valence electrons. The number of hydrogen-bond acceptors (Lipinski definition) is 5. The number of thiophene rings is 1. The zero-order valence-corrected chi connectivity index (χ0v) is 14.1. The summed E-state index contributed by atoms with van der Waals surface area (Å²) in [6.07, 6.45) is 6.13. The van der Waals surface area contributed by atoms with Crippen LogP contribution in [0.25, 0.3) is 10.2 Å². The Kier molecular flexibility index (Phi) is 4.14. The van der Waals surface area contributed by atoms with E-state index in [1.807, 2.05) is 11.4 Å². The predicted molar refractivity (Wildman–Crippen MR) is 94.5 cm³/mol. The van der Waals surface area contributed by atoms with Crippen molar-refractivity contribution < 1.29 is 4.74 Å². The molecule has 2 heterocycles. The Morgan fingerprint density at radius 2 is 1.83 bits per heavy atom. The number of hydrogen-bond donors (Lipinski definition) is 0. The first-order valence-corrected chi connectivity index (χ1v) is 9.14. The Morgan fingerprint density at radius 3 is 2.58 bits per heavy atom. The van der Waals surface area contributed by atoms with Crippen molar-refractivity contribution in [3.8, 4) is 17.7 Å². The van der Waals surface area contributed by atoms with E-state index in [2.05, 4.69) is 6.07 Å². The predicted octanol–water partition coefficient (Wildman–Crippen LogP) is 5.40. The first-order chi connectivity index (χ1) is 11.8. The van der Waals surface area contributed by atoms with Crippen molar-refractivity contribution in [2.45, 2.75) is 38.0 Å². The van der Waals surface area contributed by atoms with E-state index in [1.54, 1.807) is 35.6 Å². The van der Waals surface area contributed by atoms with Crippen LogP contribution in [-0.2, 0) is 0 Å². The Balaban J connectivity index is 1.70. The second-order valence-electron chi connectivity index (χ2n) is 6.10. The van der Waals surface area contributed by atoms with Gasteiger partial charge in [0.15, 0.2) is 0 Å². The van der Waals surface area contributed by atoms with Gasteiger partial charge in [-0.05, 0) is 48.6 Å². The maximum absolute atomic E-state index is 8.90. The molecule has 1 aliphatic rings. The summed E-state index contributed by atoms with van der Waals surface area (Å²) in [6, 6.07) is 11.3. The summed E-state index contributed by atoms with van der Waals surface area (Å²) in [5, 5.41) is 10.9. The smallest absolute Gasteiger partial charge is 0.240 e. The van der Waals surface area contributed by atoms with Gasteiger partial charge in [0.05, 0.1) is 17.1 Å². The van der Waals surface area contributed by atoms with Gasteiger partial charge >= 0.3 is 0 Å². The fourth-order valence-corrected chi connectivity index (χ4v) is 3.93. The minimum Gasteiger partial charge on any atom is -0.437 e. The number of ether oxygens (including phenoxy) is 1. The van der Waals surface area contributed by atoms with Gasteiger partial charge in [0, 0.05) is 5.92 Å². The molecule has 0 spiro atoms. The molecule has 1 fully saturated rings. The third kappa shape index (κ3) is 2.98. The SMILES string of the molecule is N#Cc1ccc(Oc2nc(C3CCCCC3)nc3ccsc23)cc1. The van der Waals surface area contributed by atoms with Gasteiger partial charge in [-0.25, -0.2) is 4.98 Å². The summed E-state index contributed by atoms with van der Waals surface area (Å²) in [5.74, 6) is 2.66. The normalized spacial score (nSPS) is 15.3. The van der Waals surface area contributed by atoms with Crippen LogP contribution in [0.4, 0.5) is 0 Å². The van der Waals surface area contributed by atoms with E-state index in [-0.39, 0.29) is 0 Å². The van der Waals surface area contributed by atoms with Crippen molar-refractivity contribution >= 4 is 21.6 Å². The summed E-state index contributed by atoms with van der Waals surface area (Å²) >= 11 is 1.59. The van der Waals surface area contributed by atoms with Gasteiger partial charge in [-0.3, -0.25) is 0 Å². The van der Waals surface area contributed by atoms with E-state index in [4.69, 9.17) is 20.0 Å². The van der Waals surface area contributed by atoms with Crippen molar-refractivity contribution in [1.82, 2.24) is 9.97 Å². The minimum atomic E-state index is 0.436. The molecule has 0 atom stereocenters. The van der Waals surface area contributed by atoms with Crippen molar-refractivity contribution in [2.75, 3.05) is 0 Å². The largest absolute Gasteiger partial charge is 0.437 e. The zero-order valence-electron chi connectivity index (χ0n) is 13.2. The quantitative estimate of drug-likeness (QED) is 0.642. The number of aromatic nitrogens is 2. The van der Waals surface area contributed by atoms with Crippen LogP contribution in [-0.4, -0.2) is 9.97 Å². The molecule has 4 rings (SSSR count). The van der Waals surface area contributed by atoms with Gasteiger partial charge in [-0.1, -0.05) is 19.3 Å². The molecule has 1 saturated carbocycles. The number of nitrogens with zero attached hydrogens (tertiary/aromatic N) is 3. The molecule has 0 amide bonds. The van der Waals surface area contributed by atoms with Gasteiger partial charge in [0.1, 0.15) is 16.3 Å². The fourth-order valence-electron chi connectivity index (χ4n) is 3.18. The van der Waals surface area contributed by atoms with E-state index in [0.29, 0.717) is 23.1 Å². The molecule has 0 saturated heterocycles. The minimum absolute atomic E-state index is 0.436. The molecule has 5 heteroatoms. The topological polar surface area (TPSA) is 58.8 Å². The van der Waals surface area contributed by atoms with E-state index < -0.39 is 0 Å². The first kappa shape index (κ1) is 15.1. The number of fused-ring (bicyclic) bond motifs is 1. The van der Waals surface area contributed by atoms with Gasteiger partial charge < -0.3 is 4.74 Å². The Bertz CT molecular complexity index is 889. The molecule has 0 aliphatic heterocycles. The number of benzene rings is 1. The highest BCUT2D eigenvalue weighted by Crippen LogP contribution is 2.36. The van der Waals surface area contributed by atoms with Crippen LogP contribution >= 0.6 is 11.3 Å². The first-order valence-electron chi connectivity index (χ1n) is 8.26. The van der Waals surface area contributed by atoms with Gasteiger partial charge in [0.25, 0.3) is 0 Å². The summed E-state index contributed by atoms with van der Waals surface area (Å²) < 4.78 is 7.00. The van der Waals surface area contributed by atoms with Crippen LogP contribution in [0.1, 0.15) is 49.4 Å². The molecule has 1 aliphatic carbocycles. The molecule has 24 heavy (non-hydrogen) atoms. The summed E-state index contributed by atoms with van der Waals surface area (Å²) in [4.78, 5) is 9.51. The maximum Gasteiger partial charge on any atom is 0.240 e. The Labute approximate surface area is 144 Å². The van der Waals surface area contributed by atoms with E-state index in [0.717, 1.165) is 28.9 Å². The molecule has 3 aromatic rings. The van der Waals surface area contributed by atoms with Crippen LogP contribution in [0, 0.1) is 11.3 Å². The molecule has 0 bridgehead atoms. The van der Waals surface area contributed by atoms with Crippen molar-refractivity contribution in [3.05, 3.63) is 47.1 Å². The molecule has 0 N–H and O–H groups in total. The summed E-state index contributed by atoms with van der Waals surface area (Å²) in [7, 11) is 0. The highest BCUT2D eigenvalue weighted by molar-refractivity contribution is 7.17. The molecule has 2 aromatic heterocycles. The standard InChI is InChI=1S/C19H17N3OS/c20-12-13-6-8-15(9-7-13)23-19-17-16(10-11-24-17)21-18(22-19)14-4-2-1-3-5-14/h6-11,14H,1-5H2. The van der Waals surface area contributed by atoms with Crippen LogP contribution in [0.2, 0.25) is 0 Å². The molecular weight excluding hydrogens is 318 g/mol. The third-order valence-electron chi connectivity index (χ3n) is 4.46. The number of nitriles is 1. The van der Waals surface area contributed by atoms with Gasteiger partial charge in [0.2, 0.25) is 5.88 Å². The van der Waals surface area contributed by atoms with Crippen molar-refractivity contribution in [3.63, 3.8) is 0 Å². The Hall–Kier alpha value is -2.45. The van der Waals surface area contributed by atoms with E-state index in [1.165, 1.54) is 19.3 Å². The number of rotatable bonds is 3. The maximum atomic E-state index is 8.90. The van der Waals surface area contributed by atoms with Crippen LogP contribution in [0.3, 0.4) is 0 Å². The molecular formula is C19H17N3OS.